The van der Waals surface area contributed by atoms with Gasteiger partial charge in [0.2, 0.25) is 9.84 Å². The number of aromatic nitrogens is 3. The Morgan fingerprint density at radius 1 is 1.33 bits per heavy atom. The molecule has 0 aromatic carbocycles. The van der Waals surface area contributed by atoms with E-state index in [1.807, 2.05) is 0 Å². The largest absolute Gasteiger partial charge is 0.284 e. The minimum Gasteiger partial charge on any atom is -0.284 e. The first-order valence-corrected chi connectivity index (χ1v) is 5.84. The zero-order valence-corrected chi connectivity index (χ0v) is 8.96. The Bertz CT molecular complexity index is 565. The summed E-state index contributed by atoms with van der Waals surface area (Å²) in [5, 5.41) is 5.83. The van der Waals surface area contributed by atoms with Crippen molar-refractivity contribution in [2.24, 2.45) is 0 Å². The van der Waals surface area contributed by atoms with Gasteiger partial charge >= 0.3 is 0 Å². The molecule has 0 atom stereocenters. The minimum absolute atomic E-state index is 0.0838. The van der Waals surface area contributed by atoms with Crippen LogP contribution < -0.4 is 0 Å². The number of aromatic amines is 1. The number of hydrogen-bond donors (Lipinski definition) is 1. The molecule has 0 aliphatic rings. The fourth-order valence-corrected chi connectivity index (χ4v) is 2.63. The van der Waals surface area contributed by atoms with Crippen LogP contribution in [0.5, 0.6) is 0 Å². The molecule has 0 amide bonds. The van der Waals surface area contributed by atoms with Gasteiger partial charge in [0.25, 0.3) is 0 Å². The lowest BCUT2D eigenvalue weighted by molar-refractivity contribution is 0.588. The molecule has 0 aliphatic heterocycles. The van der Waals surface area contributed by atoms with E-state index in [9.17, 15) is 8.42 Å². The minimum atomic E-state index is -3.71. The summed E-state index contributed by atoms with van der Waals surface area (Å²) in [6.07, 6.45) is 2.79. The highest BCUT2D eigenvalue weighted by atomic mass is 35.5. The van der Waals surface area contributed by atoms with E-state index >= 15 is 0 Å². The smallest absolute Gasteiger partial charge is 0.244 e. The lowest BCUT2D eigenvalue weighted by atomic mass is 10.5. The monoisotopic (exact) mass is 243 g/mol. The van der Waals surface area contributed by atoms with Crippen molar-refractivity contribution in [1.82, 2.24) is 15.2 Å². The lowest BCUT2D eigenvalue weighted by Gasteiger charge is -2.01. The van der Waals surface area contributed by atoms with Crippen molar-refractivity contribution in [1.29, 1.82) is 0 Å². The molecular weight excluding hydrogens is 238 g/mol. The number of rotatable bonds is 2. The Kier molecular flexibility index (Phi) is 2.45. The summed E-state index contributed by atoms with van der Waals surface area (Å²) in [4.78, 5) is 3.73. The standard InChI is InChI=1S/C8H6ClN3O2S/c9-6-2-1-4-10-8(6)15(13,14)7-3-5-11-12-7/h1-5H,(H,11,12). The summed E-state index contributed by atoms with van der Waals surface area (Å²) in [6, 6.07) is 4.38. The third-order valence-electron chi connectivity index (χ3n) is 1.73. The molecule has 0 aliphatic carbocycles. The normalized spacial score (nSPS) is 11.5. The summed E-state index contributed by atoms with van der Waals surface area (Å²) in [5.74, 6) is 0. The zero-order chi connectivity index (χ0) is 10.9. The van der Waals surface area contributed by atoms with E-state index in [0.29, 0.717) is 0 Å². The van der Waals surface area contributed by atoms with E-state index < -0.39 is 9.84 Å². The molecular formula is C8H6ClN3O2S. The molecule has 0 radical (unpaired) electrons. The van der Waals surface area contributed by atoms with Crippen LogP contribution >= 0.6 is 11.6 Å². The summed E-state index contributed by atoms with van der Waals surface area (Å²) in [7, 11) is -3.71. The summed E-state index contributed by atoms with van der Waals surface area (Å²) in [6.45, 7) is 0. The highest BCUT2D eigenvalue weighted by molar-refractivity contribution is 7.91. The van der Waals surface area contributed by atoms with Crippen LogP contribution in [0.2, 0.25) is 5.02 Å². The molecule has 0 spiro atoms. The second-order valence-corrected chi connectivity index (χ2v) is 4.93. The molecule has 5 nitrogen and oxygen atoms in total. The maximum atomic E-state index is 11.9. The zero-order valence-electron chi connectivity index (χ0n) is 7.38. The summed E-state index contributed by atoms with van der Waals surface area (Å²) >= 11 is 5.75. The van der Waals surface area contributed by atoms with Gasteiger partial charge in [-0.2, -0.15) is 5.10 Å². The van der Waals surface area contributed by atoms with Gasteiger partial charge in [0.15, 0.2) is 10.1 Å². The predicted molar refractivity (Wildman–Crippen MR) is 53.3 cm³/mol. The third-order valence-corrected chi connectivity index (χ3v) is 3.76. The van der Waals surface area contributed by atoms with Crippen LogP contribution in [-0.2, 0) is 9.84 Å². The van der Waals surface area contributed by atoms with Crippen LogP contribution in [-0.4, -0.2) is 23.6 Å². The number of nitrogens with one attached hydrogen (secondary N) is 1. The number of pyridine rings is 1. The van der Waals surface area contributed by atoms with Crippen molar-refractivity contribution in [3.63, 3.8) is 0 Å². The Hall–Kier alpha value is -1.40. The Labute approximate surface area is 91.0 Å². The molecule has 2 aromatic rings. The van der Waals surface area contributed by atoms with Gasteiger partial charge in [-0.25, -0.2) is 13.4 Å². The van der Waals surface area contributed by atoms with E-state index in [1.165, 1.54) is 24.5 Å². The first-order chi connectivity index (χ1) is 7.12. The second kappa shape index (κ2) is 3.63. The molecule has 0 bridgehead atoms. The SMILES string of the molecule is O=S(=O)(c1cc[nH]n1)c1ncccc1Cl. The van der Waals surface area contributed by atoms with Gasteiger partial charge in [-0.3, -0.25) is 5.10 Å². The molecule has 1 N–H and O–H groups in total. The number of nitrogens with zero attached hydrogens (tertiary/aromatic N) is 2. The molecule has 15 heavy (non-hydrogen) atoms. The fourth-order valence-electron chi connectivity index (χ4n) is 1.06. The number of halogens is 1. The van der Waals surface area contributed by atoms with Crippen molar-refractivity contribution in [2.75, 3.05) is 0 Å². The molecule has 0 unspecified atom stereocenters. The van der Waals surface area contributed by atoms with Crippen molar-refractivity contribution in [3.05, 3.63) is 35.6 Å². The van der Waals surface area contributed by atoms with Crippen LogP contribution in [0.25, 0.3) is 0 Å². The fraction of sp³-hybridized carbons (Fsp3) is 0. The van der Waals surface area contributed by atoms with Crippen LogP contribution in [0.15, 0.2) is 40.6 Å². The van der Waals surface area contributed by atoms with E-state index in [4.69, 9.17) is 11.6 Å². The molecule has 2 rings (SSSR count). The van der Waals surface area contributed by atoms with E-state index in [-0.39, 0.29) is 15.1 Å². The highest BCUT2D eigenvalue weighted by Gasteiger charge is 2.23. The average molecular weight is 244 g/mol. The van der Waals surface area contributed by atoms with Gasteiger partial charge in [0, 0.05) is 12.4 Å². The second-order valence-electron chi connectivity index (χ2n) is 2.71. The summed E-state index contributed by atoms with van der Waals surface area (Å²) in [5.41, 5.74) is 0. The van der Waals surface area contributed by atoms with Gasteiger partial charge in [-0.15, -0.1) is 0 Å². The van der Waals surface area contributed by atoms with Gasteiger partial charge in [0.05, 0.1) is 5.02 Å². The van der Waals surface area contributed by atoms with Crippen molar-refractivity contribution in [3.8, 4) is 0 Å². The van der Waals surface area contributed by atoms with Crippen molar-refractivity contribution < 1.29 is 8.42 Å². The van der Waals surface area contributed by atoms with Gasteiger partial charge in [0.1, 0.15) is 0 Å². The molecule has 0 saturated carbocycles. The first kappa shape index (κ1) is 10.1. The van der Waals surface area contributed by atoms with E-state index in [0.717, 1.165) is 0 Å². The lowest BCUT2D eigenvalue weighted by Crippen LogP contribution is -2.05. The molecule has 0 saturated heterocycles. The van der Waals surface area contributed by atoms with Gasteiger partial charge < -0.3 is 0 Å². The summed E-state index contributed by atoms with van der Waals surface area (Å²) < 4.78 is 23.8. The quantitative estimate of drug-likeness (QED) is 0.862. The third kappa shape index (κ3) is 1.73. The van der Waals surface area contributed by atoms with Crippen molar-refractivity contribution >= 4 is 21.4 Å². The van der Waals surface area contributed by atoms with Gasteiger partial charge in [-0.1, -0.05) is 11.6 Å². The topological polar surface area (TPSA) is 75.7 Å². The van der Waals surface area contributed by atoms with E-state index in [2.05, 4.69) is 15.2 Å². The number of hydrogen-bond acceptors (Lipinski definition) is 4. The van der Waals surface area contributed by atoms with Crippen LogP contribution in [0.3, 0.4) is 0 Å². The first-order valence-electron chi connectivity index (χ1n) is 3.98. The Balaban J connectivity index is 2.62. The maximum Gasteiger partial charge on any atom is 0.244 e. The van der Waals surface area contributed by atoms with Crippen LogP contribution in [0, 0.1) is 0 Å². The number of H-pyrrole nitrogens is 1. The molecule has 7 heteroatoms. The van der Waals surface area contributed by atoms with E-state index in [1.54, 1.807) is 6.07 Å². The molecule has 0 fully saturated rings. The number of sulfone groups is 1. The van der Waals surface area contributed by atoms with Crippen LogP contribution in [0.1, 0.15) is 0 Å². The molecule has 78 valence electrons. The average Bonchev–Trinajstić information content (AvgIpc) is 2.71. The highest BCUT2D eigenvalue weighted by Crippen LogP contribution is 2.23. The van der Waals surface area contributed by atoms with Crippen LogP contribution in [0.4, 0.5) is 0 Å². The Morgan fingerprint density at radius 3 is 2.73 bits per heavy atom. The molecule has 2 heterocycles. The van der Waals surface area contributed by atoms with Gasteiger partial charge in [-0.05, 0) is 18.2 Å². The molecule has 2 aromatic heterocycles. The van der Waals surface area contributed by atoms with Crippen molar-refractivity contribution in [2.45, 2.75) is 10.1 Å². The Morgan fingerprint density at radius 2 is 2.13 bits per heavy atom. The predicted octanol–water partition coefficient (Wildman–Crippen LogP) is 1.29. The maximum absolute atomic E-state index is 11.9.